The van der Waals surface area contributed by atoms with E-state index in [1.807, 2.05) is 12.1 Å². The van der Waals surface area contributed by atoms with Gasteiger partial charge in [-0.3, -0.25) is 4.79 Å². The molecule has 0 spiro atoms. The number of ether oxygens (including phenoxy) is 1. The second-order valence-electron chi connectivity index (χ2n) is 5.50. The third-order valence-electron chi connectivity index (χ3n) is 4.08. The van der Waals surface area contributed by atoms with Crippen molar-refractivity contribution >= 4 is 16.0 Å². The standard InChI is InChI=1S/C15H17NO5S/c17-15(18)11-5-1-2-6-13(11)16-22(19,20)14-7-3-4-10-8-21-9-12(10)14/h1-4,7,11,13,16H,5-6,8-9H2,(H,17,18)/t11-,13+/m1/s1. The highest BCUT2D eigenvalue weighted by atomic mass is 32.2. The largest absolute Gasteiger partial charge is 0.481 e. The molecule has 0 fully saturated rings. The highest BCUT2D eigenvalue weighted by Gasteiger charge is 2.33. The minimum atomic E-state index is -3.78. The fourth-order valence-electron chi connectivity index (χ4n) is 2.91. The molecule has 1 heterocycles. The van der Waals surface area contributed by atoms with Crippen LogP contribution in [0.15, 0.2) is 35.2 Å². The van der Waals surface area contributed by atoms with Crippen LogP contribution in [0.25, 0.3) is 0 Å². The Bertz CT molecular complexity index is 725. The summed E-state index contributed by atoms with van der Waals surface area (Å²) in [7, 11) is -3.78. The van der Waals surface area contributed by atoms with Crippen LogP contribution in [-0.4, -0.2) is 25.5 Å². The summed E-state index contributed by atoms with van der Waals surface area (Å²) in [6, 6.07) is 4.41. The van der Waals surface area contributed by atoms with Crippen LogP contribution in [-0.2, 0) is 32.8 Å². The SMILES string of the molecule is O=C(O)[C@@H]1CC=CC[C@@H]1NS(=O)(=O)c1cccc2c1COC2. The van der Waals surface area contributed by atoms with Gasteiger partial charge in [0.05, 0.1) is 24.0 Å². The number of rotatable bonds is 4. The average Bonchev–Trinajstić information content (AvgIpc) is 2.95. The molecule has 6 nitrogen and oxygen atoms in total. The molecule has 0 saturated carbocycles. The predicted molar refractivity (Wildman–Crippen MR) is 78.5 cm³/mol. The molecule has 0 aromatic heterocycles. The average molecular weight is 323 g/mol. The lowest BCUT2D eigenvalue weighted by molar-refractivity contribution is -0.142. The number of hydrogen-bond donors (Lipinski definition) is 2. The van der Waals surface area contributed by atoms with Crippen LogP contribution in [0.4, 0.5) is 0 Å². The Morgan fingerprint density at radius 2 is 2.00 bits per heavy atom. The van der Waals surface area contributed by atoms with Crippen LogP contribution < -0.4 is 4.72 Å². The molecule has 0 amide bonds. The lowest BCUT2D eigenvalue weighted by Gasteiger charge is -2.26. The number of benzene rings is 1. The summed E-state index contributed by atoms with van der Waals surface area (Å²) in [5.74, 6) is -1.73. The third kappa shape index (κ3) is 2.79. The summed E-state index contributed by atoms with van der Waals surface area (Å²) in [5, 5.41) is 9.24. The molecule has 2 atom stereocenters. The summed E-state index contributed by atoms with van der Waals surface area (Å²) in [5.41, 5.74) is 1.52. The number of carboxylic acid groups (broad SMARTS) is 1. The summed E-state index contributed by atoms with van der Waals surface area (Å²) in [6.07, 6.45) is 4.29. The molecule has 1 aromatic carbocycles. The molecule has 0 saturated heterocycles. The van der Waals surface area contributed by atoms with Gasteiger partial charge in [0, 0.05) is 11.6 Å². The van der Waals surface area contributed by atoms with Crippen molar-refractivity contribution in [1.82, 2.24) is 4.72 Å². The Balaban J connectivity index is 1.90. The molecule has 3 rings (SSSR count). The normalized spacial score (nSPS) is 24.2. The van der Waals surface area contributed by atoms with E-state index in [-0.39, 0.29) is 11.5 Å². The van der Waals surface area contributed by atoms with Crippen molar-refractivity contribution in [2.24, 2.45) is 5.92 Å². The number of carbonyl (C=O) groups is 1. The van der Waals surface area contributed by atoms with E-state index in [0.29, 0.717) is 25.0 Å². The molecule has 22 heavy (non-hydrogen) atoms. The summed E-state index contributed by atoms with van der Waals surface area (Å²) in [6.45, 7) is 0.669. The van der Waals surface area contributed by atoms with Crippen molar-refractivity contribution in [3.05, 3.63) is 41.5 Å². The zero-order valence-electron chi connectivity index (χ0n) is 11.9. The Morgan fingerprint density at radius 1 is 1.23 bits per heavy atom. The fourth-order valence-corrected chi connectivity index (χ4v) is 4.46. The first-order valence-electron chi connectivity index (χ1n) is 7.07. The van der Waals surface area contributed by atoms with Gasteiger partial charge in [-0.1, -0.05) is 24.3 Å². The number of sulfonamides is 1. The zero-order valence-corrected chi connectivity index (χ0v) is 12.7. The Kier molecular flexibility index (Phi) is 4.03. The molecule has 1 aromatic rings. The molecule has 0 radical (unpaired) electrons. The van der Waals surface area contributed by atoms with Crippen LogP contribution in [0.1, 0.15) is 24.0 Å². The van der Waals surface area contributed by atoms with Crippen molar-refractivity contribution in [1.29, 1.82) is 0 Å². The number of nitrogens with one attached hydrogen (secondary N) is 1. The number of allylic oxidation sites excluding steroid dienone is 1. The highest BCUT2D eigenvalue weighted by Crippen LogP contribution is 2.28. The maximum Gasteiger partial charge on any atom is 0.308 e. The molecule has 2 N–H and O–H groups in total. The number of carboxylic acids is 1. The Labute approximate surface area is 128 Å². The van der Waals surface area contributed by atoms with E-state index in [9.17, 15) is 18.3 Å². The molecule has 118 valence electrons. The van der Waals surface area contributed by atoms with E-state index in [0.717, 1.165) is 5.56 Å². The van der Waals surface area contributed by atoms with Crippen LogP contribution >= 0.6 is 0 Å². The molecule has 7 heteroatoms. The topological polar surface area (TPSA) is 92.7 Å². The van der Waals surface area contributed by atoms with Crippen molar-refractivity contribution in [2.45, 2.75) is 37.0 Å². The van der Waals surface area contributed by atoms with Gasteiger partial charge in [0.15, 0.2) is 0 Å². The van der Waals surface area contributed by atoms with Gasteiger partial charge in [-0.2, -0.15) is 0 Å². The van der Waals surface area contributed by atoms with E-state index in [2.05, 4.69) is 4.72 Å². The maximum absolute atomic E-state index is 12.6. The fraction of sp³-hybridized carbons (Fsp3) is 0.400. The number of fused-ring (bicyclic) bond motifs is 1. The quantitative estimate of drug-likeness (QED) is 0.817. The first-order chi connectivity index (χ1) is 10.5. The Hall–Kier alpha value is -1.70. The smallest absolute Gasteiger partial charge is 0.308 e. The van der Waals surface area contributed by atoms with Crippen LogP contribution in [0.2, 0.25) is 0 Å². The van der Waals surface area contributed by atoms with Gasteiger partial charge in [0.1, 0.15) is 0 Å². The molecule has 1 aliphatic carbocycles. The Morgan fingerprint density at radius 3 is 2.77 bits per heavy atom. The van der Waals surface area contributed by atoms with Gasteiger partial charge in [0.25, 0.3) is 0 Å². The van der Waals surface area contributed by atoms with Gasteiger partial charge in [-0.05, 0) is 24.5 Å². The van der Waals surface area contributed by atoms with Crippen molar-refractivity contribution in [3.63, 3.8) is 0 Å². The molecular formula is C15H17NO5S. The summed E-state index contributed by atoms with van der Waals surface area (Å²) >= 11 is 0. The zero-order chi connectivity index (χ0) is 15.7. The molecule has 1 aliphatic heterocycles. The number of aliphatic carboxylic acids is 1. The second-order valence-corrected chi connectivity index (χ2v) is 7.18. The van der Waals surface area contributed by atoms with Gasteiger partial charge in [-0.15, -0.1) is 0 Å². The van der Waals surface area contributed by atoms with Gasteiger partial charge < -0.3 is 9.84 Å². The third-order valence-corrected chi connectivity index (χ3v) is 5.65. The van der Waals surface area contributed by atoms with E-state index in [4.69, 9.17) is 4.74 Å². The van der Waals surface area contributed by atoms with Crippen molar-refractivity contribution in [2.75, 3.05) is 0 Å². The van der Waals surface area contributed by atoms with E-state index >= 15 is 0 Å². The van der Waals surface area contributed by atoms with Crippen LogP contribution in [0.3, 0.4) is 0 Å². The summed E-state index contributed by atoms with van der Waals surface area (Å²) < 4.78 is 33.1. The van der Waals surface area contributed by atoms with Gasteiger partial charge >= 0.3 is 5.97 Å². The summed E-state index contributed by atoms with van der Waals surface area (Å²) in [4.78, 5) is 11.5. The molecule has 2 aliphatic rings. The molecular weight excluding hydrogens is 306 g/mol. The minimum absolute atomic E-state index is 0.182. The monoisotopic (exact) mass is 323 g/mol. The van der Waals surface area contributed by atoms with Crippen molar-refractivity contribution < 1.29 is 23.1 Å². The first kappa shape index (κ1) is 15.2. The minimum Gasteiger partial charge on any atom is -0.481 e. The maximum atomic E-state index is 12.6. The lowest BCUT2D eigenvalue weighted by Crippen LogP contribution is -2.44. The van der Waals surface area contributed by atoms with E-state index in [1.165, 1.54) is 6.07 Å². The van der Waals surface area contributed by atoms with Crippen LogP contribution in [0.5, 0.6) is 0 Å². The molecule has 0 bridgehead atoms. The van der Waals surface area contributed by atoms with Gasteiger partial charge in [0.2, 0.25) is 10.0 Å². The van der Waals surface area contributed by atoms with Crippen molar-refractivity contribution in [3.8, 4) is 0 Å². The molecule has 0 unspecified atom stereocenters. The van der Waals surface area contributed by atoms with Gasteiger partial charge in [-0.25, -0.2) is 13.1 Å². The van der Waals surface area contributed by atoms with E-state index in [1.54, 1.807) is 12.1 Å². The van der Waals surface area contributed by atoms with Crippen LogP contribution in [0, 0.1) is 5.92 Å². The first-order valence-corrected chi connectivity index (χ1v) is 8.56. The predicted octanol–water partition coefficient (Wildman–Crippen LogP) is 1.41. The lowest BCUT2D eigenvalue weighted by atomic mass is 9.90. The van der Waals surface area contributed by atoms with E-state index < -0.39 is 28.0 Å². The number of hydrogen-bond acceptors (Lipinski definition) is 4. The second kappa shape index (κ2) is 5.83. The highest BCUT2D eigenvalue weighted by molar-refractivity contribution is 7.89.